The van der Waals surface area contributed by atoms with Crippen molar-refractivity contribution in [3.8, 4) is 0 Å². The van der Waals surface area contributed by atoms with Crippen LogP contribution in [-0.4, -0.2) is 54.6 Å². The van der Waals surface area contributed by atoms with E-state index in [1.807, 2.05) is 0 Å². The molecule has 3 fully saturated rings. The Morgan fingerprint density at radius 3 is 2.75 bits per heavy atom. The van der Waals surface area contributed by atoms with Gasteiger partial charge in [-0.2, -0.15) is 0 Å². The van der Waals surface area contributed by atoms with E-state index in [1.54, 1.807) is 0 Å². The monoisotopic (exact) mass is 279 g/mol. The molecule has 3 heteroatoms. The number of hydrogen-bond acceptors (Lipinski definition) is 3. The lowest BCUT2D eigenvalue weighted by atomic mass is 9.68. The van der Waals surface area contributed by atoms with E-state index in [0.717, 1.165) is 6.04 Å². The first-order chi connectivity index (χ1) is 9.56. The summed E-state index contributed by atoms with van der Waals surface area (Å²) in [5.41, 5.74) is 6.91. The van der Waals surface area contributed by atoms with Crippen molar-refractivity contribution in [1.82, 2.24) is 9.80 Å². The van der Waals surface area contributed by atoms with Crippen molar-refractivity contribution in [2.75, 3.05) is 32.7 Å². The maximum atomic E-state index is 6.57. The summed E-state index contributed by atoms with van der Waals surface area (Å²) in [6.07, 6.45) is 8.28. The minimum Gasteiger partial charge on any atom is -0.327 e. The second-order valence-corrected chi connectivity index (χ2v) is 8.11. The van der Waals surface area contributed by atoms with Crippen LogP contribution >= 0.6 is 0 Å². The van der Waals surface area contributed by atoms with Gasteiger partial charge in [-0.25, -0.2) is 0 Å². The van der Waals surface area contributed by atoms with Gasteiger partial charge in [0.2, 0.25) is 0 Å². The van der Waals surface area contributed by atoms with Gasteiger partial charge in [-0.15, -0.1) is 0 Å². The highest BCUT2D eigenvalue weighted by atomic mass is 15.3. The molecule has 1 saturated carbocycles. The van der Waals surface area contributed by atoms with Crippen molar-refractivity contribution in [1.29, 1.82) is 0 Å². The van der Waals surface area contributed by atoms with Crippen molar-refractivity contribution >= 4 is 0 Å². The molecule has 0 aromatic carbocycles. The number of nitrogens with two attached hydrogens (primary N) is 1. The van der Waals surface area contributed by atoms with Gasteiger partial charge in [-0.3, -0.25) is 4.90 Å². The number of nitrogens with zero attached hydrogens (tertiary/aromatic N) is 2. The van der Waals surface area contributed by atoms with Gasteiger partial charge in [0.1, 0.15) is 0 Å². The quantitative estimate of drug-likeness (QED) is 0.842. The van der Waals surface area contributed by atoms with E-state index < -0.39 is 0 Å². The average Bonchev–Trinajstić information content (AvgIpc) is 2.44. The molecule has 20 heavy (non-hydrogen) atoms. The summed E-state index contributed by atoms with van der Waals surface area (Å²) >= 11 is 0. The molecule has 0 amide bonds. The maximum absolute atomic E-state index is 6.57. The van der Waals surface area contributed by atoms with Gasteiger partial charge >= 0.3 is 0 Å². The van der Waals surface area contributed by atoms with Gasteiger partial charge in [0.25, 0.3) is 0 Å². The molecule has 2 N–H and O–H groups in total. The highest BCUT2D eigenvalue weighted by molar-refractivity contribution is 4.94. The summed E-state index contributed by atoms with van der Waals surface area (Å²) in [6, 6.07) is 1.23. The Morgan fingerprint density at radius 1 is 1.05 bits per heavy atom. The van der Waals surface area contributed by atoms with Crippen molar-refractivity contribution in [3.05, 3.63) is 0 Å². The average molecular weight is 279 g/mol. The fourth-order valence-electron chi connectivity index (χ4n) is 4.73. The van der Waals surface area contributed by atoms with E-state index >= 15 is 0 Å². The Labute approximate surface area is 124 Å². The van der Waals surface area contributed by atoms with Crippen LogP contribution in [0.5, 0.6) is 0 Å². The molecule has 3 nitrogen and oxygen atoms in total. The number of piperazine rings is 1. The van der Waals surface area contributed by atoms with E-state index in [-0.39, 0.29) is 0 Å². The van der Waals surface area contributed by atoms with Crippen molar-refractivity contribution in [2.24, 2.45) is 17.1 Å². The first-order valence-electron chi connectivity index (χ1n) is 8.78. The molecule has 3 atom stereocenters. The lowest BCUT2D eigenvalue weighted by Crippen LogP contribution is -2.57. The molecule has 1 aliphatic carbocycles. The second kappa shape index (κ2) is 5.94. The van der Waals surface area contributed by atoms with Crippen LogP contribution in [0.25, 0.3) is 0 Å². The zero-order chi connectivity index (χ0) is 14.2. The van der Waals surface area contributed by atoms with Crippen LogP contribution in [0.3, 0.4) is 0 Å². The number of hydrogen-bond donors (Lipinski definition) is 1. The molecule has 3 rings (SSSR count). The van der Waals surface area contributed by atoms with Crippen LogP contribution in [-0.2, 0) is 0 Å². The first-order valence-corrected chi connectivity index (χ1v) is 8.78. The van der Waals surface area contributed by atoms with Gasteiger partial charge in [0.05, 0.1) is 0 Å². The predicted molar refractivity (Wildman–Crippen MR) is 84.7 cm³/mol. The molecule has 116 valence electrons. The molecule has 0 spiro atoms. The van der Waals surface area contributed by atoms with E-state index in [4.69, 9.17) is 5.73 Å². The standard InChI is InChI=1S/C17H33N3/c1-17(2)8-5-6-14(16(17)18)12-19-10-11-20-9-4-3-7-15(20)13-19/h14-16H,3-13,18H2,1-2H3. The molecule has 2 heterocycles. The normalized spacial score (nSPS) is 39.5. The molecule has 3 aliphatic rings. The molecule has 3 unspecified atom stereocenters. The lowest BCUT2D eigenvalue weighted by Gasteiger charge is -2.47. The van der Waals surface area contributed by atoms with Crippen LogP contribution in [0, 0.1) is 11.3 Å². The molecular weight excluding hydrogens is 246 g/mol. The van der Waals surface area contributed by atoms with Crippen LogP contribution < -0.4 is 5.73 Å². The Morgan fingerprint density at radius 2 is 1.90 bits per heavy atom. The highest BCUT2D eigenvalue weighted by Crippen LogP contribution is 2.38. The topological polar surface area (TPSA) is 32.5 Å². The largest absolute Gasteiger partial charge is 0.327 e. The van der Waals surface area contributed by atoms with Crippen molar-refractivity contribution < 1.29 is 0 Å². The zero-order valence-corrected chi connectivity index (χ0v) is 13.5. The molecule has 2 aliphatic heterocycles. The maximum Gasteiger partial charge on any atom is 0.0223 e. The fourth-order valence-corrected chi connectivity index (χ4v) is 4.73. The lowest BCUT2D eigenvalue weighted by molar-refractivity contribution is 0.0260. The van der Waals surface area contributed by atoms with Gasteiger partial charge < -0.3 is 10.6 Å². The van der Waals surface area contributed by atoms with E-state index in [1.165, 1.54) is 71.2 Å². The van der Waals surface area contributed by atoms with Gasteiger partial charge in [0, 0.05) is 38.3 Å². The smallest absolute Gasteiger partial charge is 0.0223 e. The molecule has 2 saturated heterocycles. The summed E-state index contributed by atoms with van der Waals surface area (Å²) in [7, 11) is 0. The minimum atomic E-state index is 0.343. The number of rotatable bonds is 2. The van der Waals surface area contributed by atoms with Crippen LogP contribution in [0.15, 0.2) is 0 Å². The van der Waals surface area contributed by atoms with E-state index in [9.17, 15) is 0 Å². The second-order valence-electron chi connectivity index (χ2n) is 8.11. The fraction of sp³-hybridized carbons (Fsp3) is 1.00. The van der Waals surface area contributed by atoms with E-state index in [2.05, 4.69) is 23.6 Å². The predicted octanol–water partition coefficient (Wildman–Crippen LogP) is 2.31. The van der Waals surface area contributed by atoms with E-state index in [0.29, 0.717) is 17.4 Å². The number of fused-ring (bicyclic) bond motifs is 1. The highest BCUT2D eigenvalue weighted by Gasteiger charge is 2.38. The SMILES string of the molecule is CC1(C)CCCC(CN2CCN3CCCCC3C2)C1N. The van der Waals surface area contributed by atoms with Gasteiger partial charge in [-0.1, -0.05) is 26.7 Å². The van der Waals surface area contributed by atoms with Crippen molar-refractivity contribution in [3.63, 3.8) is 0 Å². The molecule has 0 aromatic heterocycles. The Kier molecular flexibility index (Phi) is 4.40. The van der Waals surface area contributed by atoms with Gasteiger partial charge in [-0.05, 0) is 43.6 Å². The zero-order valence-electron chi connectivity index (χ0n) is 13.5. The number of piperidine rings is 1. The first kappa shape index (κ1) is 14.8. The summed E-state index contributed by atoms with van der Waals surface area (Å²) < 4.78 is 0. The summed E-state index contributed by atoms with van der Waals surface area (Å²) in [5.74, 6) is 0.717. The molecular formula is C17H33N3. The third-order valence-electron chi connectivity index (χ3n) is 6.22. The Bertz CT molecular complexity index is 328. The van der Waals surface area contributed by atoms with Crippen LogP contribution in [0.4, 0.5) is 0 Å². The van der Waals surface area contributed by atoms with Gasteiger partial charge in [0.15, 0.2) is 0 Å². The summed E-state index contributed by atoms with van der Waals surface area (Å²) in [4.78, 5) is 5.45. The minimum absolute atomic E-state index is 0.343. The third-order valence-corrected chi connectivity index (χ3v) is 6.22. The molecule has 0 aromatic rings. The Hall–Kier alpha value is -0.120. The van der Waals surface area contributed by atoms with Crippen LogP contribution in [0.2, 0.25) is 0 Å². The third kappa shape index (κ3) is 3.05. The molecule has 0 radical (unpaired) electrons. The summed E-state index contributed by atoms with van der Waals surface area (Å²) in [6.45, 7) is 11.2. The Balaban J connectivity index is 1.55. The summed E-state index contributed by atoms with van der Waals surface area (Å²) in [5, 5.41) is 0. The van der Waals surface area contributed by atoms with Crippen LogP contribution in [0.1, 0.15) is 52.4 Å². The van der Waals surface area contributed by atoms with Crippen molar-refractivity contribution in [2.45, 2.75) is 64.5 Å². The molecule has 0 bridgehead atoms.